The van der Waals surface area contributed by atoms with Gasteiger partial charge in [0.15, 0.2) is 23.1 Å². The van der Waals surface area contributed by atoms with Gasteiger partial charge < -0.3 is 34.4 Å². The van der Waals surface area contributed by atoms with Crippen molar-refractivity contribution >= 4 is 35.8 Å². The number of nitrogens with two attached hydrogens (primary N) is 1. The molecule has 2 aliphatic heterocycles. The third kappa shape index (κ3) is 5.58. The first-order valence-electron chi connectivity index (χ1n) is 14.3. The number of methoxy groups -OCH3 is 1. The maximum atomic E-state index is 13.0. The highest BCUT2D eigenvalue weighted by Gasteiger charge is 2.45. The van der Waals surface area contributed by atoms with Gasteiger partial charge in [0.05, 0.1) is 20.0 Å². The molecule has 4 heterocycles. The zero-order valence-corrected chi connectivity index (χ0v) is 25.8. The minimum atomic E-state index is -4.79. The maximum Gasteiger partial charge on any atom is 0.527 e. The SMILES string of the molecule is COc1ccc(-c2c3ccc(=O)cc-3oc3cc(OP(=O)(O)OC[C@H]4O[C@@H](n5cnc6c(N)ncnc65)[C@H](O)[C@@H]4O)ccc23)c(C)c1. The van der Waals surface area contributed by atoms with Crippen LogP contribution in [0, 0.1) is 6.92 Å². The second-order valence-corrected chi connectivity index (χ2v) is 12.3. The highest BCUT2D eigenvalue weighted by atomic mass is 31.2. The molecule has 0 amide bonds. The largest absolute Gasteiger partial charge is 0.527 e. The van der Waals surface area contributed by atoms with Gasteiger partial charge in [0, 0.05) is 28.6 Å². The van der Waals surface area contributed by atoms with Gasteiger partial charge in [-0.1, -0.05) is 6.07 Å². The topological polar surface area (TPSA) is 215 Å². The van der Waals surface area contributed by atoms with Crippen molar-refractivity contribution in [3.8, 4) is 33.9 Å². The highest BCUT2D eigenvalue weighted by molar-refractivity contribution is 7.47. The van der Waals surface area contributed by atoms with E-state index in [-0.39, 0.29) is 33.7 Å². The molecule has 7 rings (SSSR count). The number of nitrogens with zero attached hydrogens (tertiary/aromatic N) is 4. The van der Waals surface area contributed by atoms with Crippen LogP contribution in [0.15, 0.2) is 76.5 Å². The number of fused-ring (bicyclic) bond motifs is 3. The fourth-order valence-corrected chi connectivity index (χ4v) is 6.49. The summed E-state index contributed by atoms with van der Waals surface area (Å²) in [4.78, 5) is 34.9. The van der Waals surface area contributed by atoms with Gasteiger partial charge in [-0.25, -0.2) is 19.5 Å². The quantitative estimate of drug-likeness (QED) is 0.136. The number of aryl methyl sites for hydroxylation is 1. The standard InChI is InChI=1S/C31H28N5O10P/c1-15-9-17(42-2)4-7-19(15)25-20-6-3-16(37)10-22(20)44-23-11-18(5-8-21(23)25)46-47(40,41)43-12-24-27(38)28(39)31(45-24)36-14-35-26-29(32)33-13-34-30(26)36/h3-11,13-14,24,27-28,31,38-39H,12H2,1-2H3,(H,40,41)(H2,32,33,34)/t24-,27-,28-,31-/m1/s1. The summed E-state index contributed by atoms with van der Waals surface area (Å²) in [6.07, 6.45) is -2.76. The summed E-state index contributed by atoms with van der Waals surface area (Å²) in [5, 5.41) is 22.0. The average molecular weight is 662 g/mol. The van der Waals surface area contributed by atoms with E-state index in [9.17, 15) is 24.5 Å². The molecule has 1 aliphatic carbocycles. The van der Waals surface area contributed by atoms with Crippen LogP contribution in [-0.2, 0) is 13.8 Å². The van der Waals surface area contributed by atoms with Crippen molar-refractivity contribution in [2.75, 3.05) is 19.5 Å². The maximum absolute atomic E-state index is 13.0. The molecule has 5 N–H and O–H groups in total. The molecule has 0 saturated carbocycles. The first-order valence-corrected chi connectivity index (χ1v) is 15.8. The van der Waals surface area contributed by atoms with E-state index in [1.54, 1.807) is 19.2 Å². The molecule has 5 atom stereocenters. The highest BCUT2D eigenvalue weighted by Crippen LogP contribution is 2.47. The number of anilines is 1. The summed E-state index contributed by atoms with van der Waals surface area (Å²) in [5.41, 5.74) is 9.68. The molecule has 47 heavy (non-hydrogen) atoms. The summed E-state index contributed by atoms with van der Waals surface area (Å²) in [7, 11) is -3.21. The van der Waals surface area contributed by atoms with Crippen LogP contribution in [0.25, 0.3) is 44.6 Å². The number of ether oxygens (including phenoxy) is 2. The Morgan fingerprint density at radius 2 is 1.79 bits per heavy atom. The number of aromatic nitrogens is 4. The van der Waals surface area contributed by atoms with Crippen molar-refractivity contribution < 1.29 is 42.6 Å². The minimum Gasteiger partial charge on any atom is -0.497 e. The minimum absolute atomic E-state index is 0.0601. The second-order valence-electron chi connectivity index (χ2n) is 11.0. The molecule has 1 unspecified atom stereocenters. The number of aliphatic hydroxyl groups excluding tert-OH is 2. The molecule has 15 nitrogen and oxygen atoms in total. The number of imidazole rings is 1. The third-order valence-corrected chi connectivity index (χ3v) is 8.91. The summed E-state index contributed by atoms with van der Waals surface area (Å²) < 4.78 is 42.1. The monoisotopic (exact) mass is 661 g/mol. The zero-order chi connectivity index (χ0) is 33.0. The third-order valence-electron chi connectivity index (χ3n) is 7.99. The predicted molar refractivity (Wildman–Crippen MR) is 168 cm³/mol. The first kappa shape index (κ1) is 30.7. The van der Waals surface area contributed by atoms with E-state index in [0.29, 0.717) is 22.5 Å². The molecule has 242 valence electrons. The molecule has 0 bridgehead atoms. The Bertz CT molecular complexity index is 2220. The van der Waals surface area contributed by atoms with E-state index in [4.69, 9.17) is 28.7 Å². The molecule has 16 heteroatoms. The van der Waals surface area contributed by atoms with Crippen LogP contribution in [0.2, 0.25) is 0 Å². The lowest BCUT2D eigenvalue weighted by molar-refractivity contribution is -0.0501. The number of phosphoric ester groups is 1. The molecular formula is C31H28N5O10P. The van der Waals surface area contributed by atoms with Crippen LogP contribution >= 0.6 is 7.82 Å². The number of phosphoric acid groups is 1. The Balaban J connectivity index is 1.14. The van der Waals surface area contributed by atoms with E-state index < -0.39 is 39.0 Å². The Hall–Kier alpha value is -4.89. The summed E-state index contributed by atoms with van der Waals surface area (Å²) in [5.74, 6) is 1.07. The fourth-order valence-electron chi connectivity index (χ4n) is 5.72. The number of hydrogen-bond acceptors (Lipinski definition) is 13. The van der Waals surface area contributed by atoms with Gasteiger partial charge in [0.1, 0.15) is 53.0 Å². The normalized spacial score (nSPS) is 21.0. The average Bonchev–Trinajstić information content (AvgIpc) is 3.59. The molecular weight excluding hydrogens is 633 g/mol. The van der Waals surface area contributed by atoms with Crippen LogP contribution in [0.5, 0.6) is 11.5 Å². The number of hydrogen-bond donors (Lipinski definition) is 4. The Morgan fingerprint density at radius 3 is 2.57 bits per heavy atom. The van der Waals surface area contributed by atoms with Crippen molar-refractivity contribution in [1.82, 2.24) is 19.5 Å². The molecule has 2 aromatic heterocycles. The molecule has 0 radical (unpaired) electrons. The molecule has 1 fully saturated rings. The number of aliphatic hydroxyl groups is 2. The van der Waals surface area contributed by atoms with Gasteiger partial charge >= 0.3 is 7.82 Å². The van der Waals surface area contributed by atoms with Crippen molar-refractivity contribution in [1.29, 1.82) is 0 Å². The summed E-state index contributed by atoms with van der Waals surface area (Å²) in [6.45, 7) is 1.33. The van der Waals surface area contributed by atoms with E-state index in [1.165, 1.54) is 41.5 Å². The Kier molecular flexibility index (Phi) is 7.67. The van der Waals surface area contributed by atoms with Crippen molar-refractivity contribution in [3.63, 3.8) is 0 Å². The first-order chi connectivity index (χ1) is 22.5. The molecule has 1 saturated heterocycles. The number of benzene rings is 3. The lowest BCUT2D eigenvalue weighted by Gasteiger charge is -2.19. The van der Waals surface area contributed by atoms with Gasteiger partial charge in [0.25, 0.3) is 0 Å². The van der Waals surface area contributed by atoms with Crippen molar-refractivity contribution in [2.24, 2.45) is 0 Å². The van der Waals surface area contributed by atoms with Crippen LogP contribution in [0.1, 0.15) is 11.8 Å². The van der Waals surface area contributed by atoms with Gasteiger partial charge in [-0.3, -0.25) is 18.8 Å². The second kappa shape index (κ2) is 11.7. The smallest absolute Gasteiger partial charge is 0.497 e. The van der Waals surface area contributed by atoms with E-state index >= 15 is 0 Å². The molecule has 3 aliphatic rings. The number of rotatable bonds is 8. The molecule has 0 spiro atoms. The molecule has 2 aromatic carbocycles. The van der Waals surface area contributed by atoms with Gasteiger partial charge in [0.2, 0.25) is 0 Å². The van der Waals surface area contributed by atoms with E-state index in [0.717, 1.165) is 16.7 Å². The molecule has 4 aromatic rings. The zero-order valence-electron chi connectivity index (χ0n) is 24.9. The van der Waals surface area contributed by atoms with Crippen LogP contribution in [-0.4, -0.2) is 66.7 Å². The van der Waals surface area contributed by atoms with Gasteiger partial charge in [-0.05, 0) is 54.4 Å². The Labute approximate surface area is 265 Å². The Morgan fingerprint density at radius 1 is 1.00 bits per heavy atom. The van der Waals surface area contributed by atoms with Gasteiger partial charge in [-0.15, -0.1) is 0 Å². The van der Waals surface area contributed by atoms with Gasteiger partial charge in [-0.2, -0.15) is 0 Å². The van der Waals surface area contributed by atoms with Crippen LogP contribution < -0.4 is 20.4 Å². The van der Waals surface area contributed by atoms with Crippen molar-refractivity contribution in [2.45, 2.75) is 31.5 Å². The summed E-state index contributed by atoms with van der Waals surface area (Å²) >= 11 is 0. The predicted octanol–water partition coefficient (Wildman–Crippen LogP) is 3.42. The lowest BCUT2D eigenvalue weighted by Crippen LogP contribution is -2.33. The van der Waals surface area contributed by atoms with Crippen LogP contribution in [0.3, 0.4) is 0 Å². The number of nitrogen functional groups attached to an aromatic ring is 1. The fraction of sp³-hybridized carbons (Fsp3) is 0.226. The van der Waals surface area contributed by atoms with E-state index in [1.807, 2.05) is 25.1 Å². The van der Waals surface area contributed by atoms with Crippen LogP contribution in [0.4, 0.5) is 5.82 Å². The van der Waals surface area contributed by atoms with E-state index in [2.05, 4.69) is 15.0 Å². The summed E-state index contributed by atoms with van der Waals surface area (Å²) in [6, 6.07) is 14.7. The van der Waals surface area contributed by atoms with Crippen molar-refractivity contribution in [3.05, 3.63) is 83.0 Å². The lowest BCUT2D eigenvalue weighted by atomic mass is 9.91.